The number of benzene rings is 1. The van der Waals surface area contributed by atoms with Crippen molar-refractivity contribution in [3.8, 4) is 0 Å². The van der Waals surface area contributed by atoms with Gasteiger partial charge in [0.1, 0.15) is 17.5 Å². The molecule has 0 aliphatic carbocycles. The fourth-order valence-electron chi connectivity index (χ4n) is 1.37. The highest BCUT2D eigenvalue weighted by Gasteiger charge is 2.02. The van der Waals surface area contributed by atoms with Gasteiger partial charge in [-0.1, -0.05) is 6.07 Å². The fourth-order valence-corrected chi connectivity index (χ4v) is 1.98. The van der Waals surface area contributed by atoms with E-state index >= 15 is 0 Å². The van der Waals surface area contributed by atoms with Gasteiger partial charge in [0.2, 0.25) is 0 Å². The lowest BCUT2D eigenvalue weighted by molar-refractivity contribution is 0.627. The van der Waals surface area contributed by atoms with E-state index in [4.69, 9.17) is 0 Å². The maximum Gasteiger partial charge on any atom is 0.132 e. The van der Waals surface area contributed by atoms with Gasteiger partial charge in [-0.05, 0) is 52.9 Å². The van der Waals surface area contributed by atoms with E-state index in [1.807, 2.05) is 25.2 Å². The minimum absolute atomic E-state index is 0.239. The number of nitrogens with zero attached hydrogens (tertiary/aromatic N) is 1. The molecular formula is C12H11FIN3. The van der Waals surface area contributed by atoms with Gasteiger partial charge in [-0.2, -0.15) is 0 Å². The van der Waals surface area contributed by atoms with Gasteiger partial charge in [-0.25, -0.2) is 9.37 Å². The maximum atomic E-state index is 12.9. The number of anilines is 3. The van der Waals surface area contributed by atoms with Gasteiger partial charge in [0.25, 0.3) is 0 Å². The smallest absolute Gasteiger partial charge is 0.132 e. The van der Waals surface area contributed by atoms with Gasteiger partial charge in [0.05, 0.1) is 5.69 Å². The Kier molecular flexibility index (Phi) is 3.78. The van der Waals surface area contributed by atoms with Gasteiger partial charge in [-0.15, -0.1) is 0 Å². The largest absolute Gasteiger partial charge is 0.373 e. The summed E-state index contributed by atoms with van der Waals surface area (Å²) in [5.41, 5.74) is 0.841. The van der Waals surface area contributed by atoms with Crippen LogP contribution in [0.1, 0.15) is 0 Å². The minimum atomic E-state index is -0.239. The second kappa shape index (κ2) is 5.31. The highest BCUT2D eigenvalue weighted by atomic mass is 127. The Labute approximate surface area is 113 Å². The van der Waals surface area contributed by atoms with Gasteiger partial charge >= 0.3 is 0 Å². The first-order valence-electron chi connectivity index (χ1n) is 5.06. The molecule has 2 N–H and O–H groups in total. The molecule has 0 amide bonds. The van der Waals surface area contributed by atoms with Crippen LogP contribution in [0.3, 0.4) is 0 Å². The van der Waals surface area contributed by atoms with Crippen LogP contribution in [0.2, 0.25) is 0 Å². The van der Waals surface area contributed by atoms with E-state index in [1.54, 1.807) is 6.07 Å². The molecular weight excluding hydrogens is 332 g/mol. The van der Waals surface area contributed by atoms with Crippen molar-refractivity contribution in [1.82, 2.24) is 4.98 Å². The second-order valence-electron chi connectivity index (χ2n) is 3.41. The first-order valence-corrected chi connectivity index (χ1v) is 6.14. The standard InChI is InChI=1S/C12H11FIN3/c1-15-11-3-2-4-12(17-11)16-10-6-5-8(13)7-9(10)14/h2-7H,1H3,(H2,15,16,17). The lowest BCUT2D eigenvalue weighted by atomic mass is 10.3. The molecule has 0 fully saturated rings. The molecule has 88 valence electrons. The molecule has 0 unspecified atom stereocenters. The topological polar surface area (TPSA) is 37.0 Å². The number of aromatic nitrogens is 1. The number of rotatable bonds is 3. The van der Waals surface area contributed by atoms with Crippen LogP contribution < -0.4 is 10.6 Å². The van der Waals surface area contributed by atoms with Gasteiger partial charge in [0.15, 0.2) is 0 Å². The molecule has 3 nitrogen and oxygen atoms in total. The molecule has 0 aliphatic rings. The molecule has 17 heavy (non-hydrogen) atoms. The van der Waals surface area contributed by atoms with Crippen LogP contribution in [0.4, 0.5) is 21.7 Å². The first-order chi connectivity index (χ1) is 8.19. The van der Waals surface area contributed by atoms with E-state index in [2.05, 4.69) is 38.2 Å². The molecule has 0 aliphatic heterocycles. The van der Waals surface area contributed by atoms with Crippen LogP contribution in [0.25, 0.3) is 0 Å². The SMILES string of the molecule is CNc1cccc(Nc2ccc(F)cc2I)n1. The van der Waals surface area contributed by atoms with Gasteiger partial charge < -0.3 is 10.6 Å². The monoisotopic (exact) mass is 343 g/mol. The molecule has 0 saturated heterocycles. The van der Waals surface area contributed by atoms with E-state index in [0.717, 1.165) is 20.9 Å². The third-order valence-electron chi connectivity index (χ3n) is 2.20. The highest BCUT2D eigenvalue weighted by Crippen LogP contribution is 2.22. The summed E-state index contributed by atoms with van der Waals surface area (Å²) in [6.07, 6.45) is 0. The van der Waals surface area contributed by atoms with E-state index in [9.17, 15) is 4.39 Å². The summed E-state index contributed by atoms with van der Waals surface area (Å²) >= 11 is 2.08. The van der Waals surface area contributed by atoms with Crippen molar-refractivity contribution in [1.29, 1.82) is 0 Å². The summed E-state index contributed by atoms with van der Waals surface area (Å²) in [7, 11) is 1.81. The van der Waals surface area contributed by atoms with Crippen molar-refractivity contribution in [3.63, 3.8) is 0 Å². The molecule has 0 spiro atoms. The Morgan fingerprint density at radius 3 is 2.65 bits per heavy atom. The Morgan fingerprint density at radius 1 is 1.18 bits per heavy atom. The normalized spacial score (nSPS) is 10.1. The zero-order chi connectivity index (χ0) is 12.3. The van der Waals surface area contributed by atoms with Crippen LogP contribution in [-0.2, 0) is 0 Å². The van der Waals surface area contributed by atoms with Crippen LogP contribution in [0.15, 0.2) is 36.4 Å². The summed E-state index contributed by atoms with van der Waals surface area (Å²) in [4.78, 5) is 4.33. The maximum absolute atomic E-state index is 12.9. The second-order valence-corrected chi connectivity index (χ2v) is 4.57. The Balaban J connectivity index is 2.25. The van der Waals surface area contributed by atoms with E-state index in [1.165, 1.54) is 12.1 Å². The first kappa shape index (κ1) is 12.1. The van der Waals surface area contributed by atoms with E-state index < -0.39 is 0 Å². The summed E-state index contributed by atoms with van der Waals surface area (Å²) in [6, 6.07) is 10.2. The third-order valence-corrected chi connectivity index (χ3v) is 3.09. The summed E-state index contributed by atoms with van der Waals surface area (Å²) in [5, 5.41) is 6.11. The van der Waals surface area contributed by atoms with Crippen LogP contribution in [0, 0.1) is 9.39 Å². The molecule has 5 heteroatoms. The summed E-state index contributed by atoms with van der Waals surface area (Å²) in [6.45, 7) is 0. The fraction of sp³-hybridized carbons (Fsp3) is 0.0833. The quantitative estimate of drug-likeness (QED) is 0.836. The summed E-state index contributed by atoms with van der Waals surface area (Å²) < 4.78 is 13.8. The number of halogens is 2. The van der Waals surface area contributed by atoms with Crippen molar-refractivity contribution in [2.45, 2.75) is 0 Å². The predicted octanol–water partition coefficient (Wildman–Crippen LogP) is 3.61. The average molecular weight is 343 g/mol. The predicted molar refractivity (Wildman–Crippen MR) is 76.2 cm³/mol. The van der Waals surface area contributed by atoms with Crippen molar-refractivity contribution >= 4 is 39.9 Å². The summed E-state index contributed by atoms with van der Waals surface area (Å²) in [5.74, 6) is 1.27. The Hall–Kier alpha value is -1.37. The lowest BCUT2D eigenvalue weighted by Crippen LogP contribution is -1.98. The van der Waals surface area contributed by atoms with Crippen molar-refractivity contribution in [2.24, 2.45) is 0 Å². The molecule has 1 aromatic carbocycles. The van der Waals surface area contributed by atoms with Crippen molar-refractivity contribution < 1.29 is 4.39 Å². The van der Waals surface area contributed by atoms with Crippen LogP contribution in [-0.4, -0.2) is 12.0 Å². The Bertz CT molecular complexity index is 531. The van der Waals surface area contributed by atoms with Gasteiger partial charge in [0, 0.05) is 10.6 Å². The van der Waals surface area contributed by atoms with Crippen LogP contribution in [0.5, 0.6) is 0 Å². The lowest BCUT2D eigenvalue weighted by Gasteiger charge is -2.09. The number of hydrogen-bond donors (Lipinski definition) is 2. The van der Waals surface area contributed by atoms with Crippen molar-refractivity contribution in [3.05, 3.63) is 45.8 Å². The molecule has 2 rings (SSSR count). The molecule has 1 heterocycles. The molecule has 0 atom stereocenters. The molecule has 0 radical (unpaired) electrons. The minimum Gasteiger partial charge on any atom is -0.373 e. The average Bonchev–Trinajstić information content (AvgIpc) is 2.33. The molecule has 0 bridgehead atoms. The van der Waals surface area contributed by atoms with Crippen molar-refractivity contribution in [2.75, 3.05) is 17.7 Å². The Morgan fingerprint density at radius 2 is 1.94 bits per heavy atom. The molecule has 2 aromatic rings. The molecule has 0 saturated carbocycles. The number of pyridine rings is 1. The third kappa shape index (κ3) is 3.06. The zero-order valence-electron chi connectivity index (χ0n) is 9.17. The van der Waals surface area contributed by atoms with E-state index in [0.29, 0.717) is 0 Å². The van der Waals surface area contributed by atoms with Gasteiger partial charge in [-0.3, -0.25) is 0 Å². The van der Waals surface area contributed by atoms with Crippen LogP contribution >= 0.6 is 22.6 Å². The highest BCUT2D eigenvalue weighted by molar-refractivity contribution is 14.1. The number of nitrogens with one attached hydrogen (secondary N) is 2. The number of hydrogen-bond acceptors (Lipinski definition) is 3. The zero-order valence-corrected chi connectivity index (χ0v) is 11.3. The molecule has 1 aromatic heterocycles. The van der Waals surface area contributed by atoms with E-state index in [-0.39, 0.29) is 5.82 Å².